The van der Waals surface area contributed by atoms with Gasteiger partial charge in [0, 0.05) is 13.6 Å². The lowest BCUT2D eigenvalue weighted by atomic mass is 9.94. The van der Waals surface area contributed by atoms with Gasteiger partial charge in [-0.05, 0) is 45.6 Å². The highest BCUT2D eigenvalue weighted by Crippen LogP contribution is 2.17. The zero-order chi connectivity index (χ0) is 12.0. The summed E-state index contributed by atoms with van der Waals surface area (Å²) < 4.78 is 0. The molecule has 0 heterocycles. The Kier molecular flexibility index (Phi) is 5.53. The molecule has 0 saturated carbocycles. The number of hydrogen-bond donors (Lipinski definition) is 1. The highest BCUT2D eigenvalue weighted by atomic mass is 16.2. The lowest BCUT2D eigenvalue weighted by Crippen LogP contribution is -2.44. The highest BCUT2D eigenvalue weighted by Gasteiger charge is 2.17. The molecule has 0 bridgehead atoms. The Morgan fingerprint density at radius 1 is 1.56 bits per heavy atom. The molecule has 0 aromatic carbocycles. The fraction of sp³-hybridized carbons (Fsp3) is 0.769. The molecule has 0 spiro atoms. The molecule has 1 N–H and O–H groups in total. The normalized spacial score (nSPS) is 21.8. The van der Waals surface area contributed by atoms with Crippen LogP contribution < -0.4 is 5.32 Å². The summed E-state index contributed by atoms with van der Waals surface area (Å²) in [6, 6.07) is -0.0594. The average Bonchev–Trinajstić information content (AvgIpc) is 2.35. The first kappa shape index (κ1) is 13.2. The van der Waals surface area contributed by atoms with Crippen molar-refractivity contribution in [3.63, 3.8) is 0 Å². The van der Waals surface area contributed by atoms with Crippen LogP contribution in [0.2, 0.25) is 0 Å². The van der Waals surface area contributed by atoms with Crippen LogP contribution in [0.1, 0.15) is 33.1 Å². The molecule has 2 atom stereocenters. The van der Waals surface area contributed by atoms with Crippen LogP contribution in [0.3, 0.4) is 0 Å². The molecule has 1 aliphatic rings. The van der Waals surface area contributed by atoms with Gasteiger partial charge in [-0.15, -0.1) is 0 Å². The molecule has 3 nitrogen and oxygen atoms in total. The van der Waals surface area contributed by atoms with Crippen molar-refractivity contribution in [3.05, 3.63) is 12.2 Å². The predicted octanol–water partition coefficient (Wildman–Crippen LogP) is 1.80. The number of carbonyl (C=O) groups excluding carboxylic acids is 1. The first-order valence-corrected chi connectivity index (χ1v) is 6.28. The second-order valence-electron chi connectivity index (χ2n) is 4.63. The molecule has 0 saturated heterocycles. The number of carbonyl (C=O) groups is 1. The summed E-state index contributed by atoms with van der Waals surface area (Å²) in [6.07, 6.45) is 8.07. The number of hydrogen-bond acceptors (Lipinski definition) is 2. The number of nitrogens with zero attached hydrogens (tertiary/aromatic N) is 1. The SMILES string of the molecule is CCN(C)C(=O)C(C)NCC1CC=CCC1. The Bertz CT molecular complexity index is 250. The van der Waals surface area contributed by atoms with Crippen molar-refractivity contribution in [1.29, 1.82) is 0 Å². The molecule has 0 aliphatic heterocycles. The van der Waals surface area contributed by atoms with Gasteiger partial charge in [0.1, 0.15) is 0 Å². The highest BCUT2D eigenvalue weighted by molar-refractivity contribution is 5.81. The minimum atomic E-state index is -0.0594. The van der Waals surface area contributed by atoms with Crippen LogP contribution in [-0.4, -0.2) is 37.0 Å². The van der Waals surface area contributed by atoms with Gasteiger partial charge in [-0.2, -0.15) is 0 Å². The van der Waals surface area contributed by atoms with E-state index < -0.39 is 0 Å². The van der Waals surface area contributed by atoms with Gasteiger partial charge in [-0.3, -0.25) is 4.79 Å². The third-order valence-corrected chi connectivity index (χ3v) is 3.31. The standard InChI is InChI=1S/C13H24N2O/c1-4-15(3)13(16)11(2)14-10-12-8-6-5-7-9-12/h5-6,11-12,14H,4,7-10H2,1-3H3. The molecule has 0 radical (unpaired) electrons. The molecule has 1 amide bonds. The van der Waals surface area contributed by atoms with Crippen LogP contribution in [-0.2, 0) is 4.79 Å². The van der Waals surface area contributed by atoms with Crippen LogP contribution in [0.4, 0.5) is 0 Å². The molecule has 0 fully saturated rings. The zero-order valence-electron chi connectivity index (χ0n) is 10.7. The summed E-state index contributed by atoms with van der Waals surface area (Å²) in [5.41, 5.74) is 0. The van der Waals surface area contributed by atoms with Crippen molar-refractivity contribution >= 4 is 5.91 Å². The summed E-state index contributed by atoms with van der Waals surface area (Å²) in [5, 5.41) is 3.34. The monoisotopic (exact) mass is 224 g/mol. The Morgan fingerprint density at radius 2 is 2.31 bits per heavy atom. The van der Waals surface area contributed by atoms with E-state index in [-0.39, 0.29) is 11.9 Å². The Morgan fingerprint density at radius 3 is 2.88 bits per heavy atom. The van der Waals surface area contributed by atoms with E-state index in [1.54, 1.807) is 4.90 Å². The van der Waals surface area contributed by atoms with E-state index in [2.05, 4.69) is 17.5 Å². The second-order valence-corrected chi connectivity index (χ2v) is 4.63. The van der Waals surface area contributed by atoms with E-state index in [0.717, 1.165) is 19.5 Å². The topological polar surface area (TPSA) is 32.3 Å². The molecule has 1 aliphatic carbocycles. The molecule has 0 aromatic rings. The van der Waals surface area contributed by atoms with Crippen molar-refractivity contribution in [2.45, 2.75) is 39.2 Å². The second kappa shape index (κ2) is 6.69. The molecular weight excluding hydrogens is 200 g/mol. The van der Waals surface area contributed by atoms with E-state index in [9.17, 15) is 4.79 Å². The lowest BCUT2D eigenvalue weighted by Gasteiger charge is -2.24. The smallest absolute Gasteiger partial charge is 0.239 e. The van der Waals surface area contributed by atoms with E-state index in [1.165, 1.54) is 12.8 Å². The van der Waals surface area contributed by atoms with Gasteiger partial charge in [0.25, 0.3) is 0 Å². The molecule has 1 rings (SSSR count). The summed E-state index contributed by atoms with van der Waals surface area (Å²) >= 11 is 0. The van der Waals surface area contributed by atoms with Crippen molar-refractivity contribution in [2.75, 3.05) is 20.1 Å². The third kappa shape index (κ3) is 3.97. The van der Waals surface area contributed by atoms with Crippen molar-refractivity contribution in [1.82, 2.24) is 10.2 Å². The molecule has 16 heavy (non-hydrogen) atoms. The Labute approximate surface area is 98.9 Å². The number of rotatable bonds is 5. The molecular formula is C13H24N2O. The van der Waals surface area contributed by atoms with E-state index in [0.29, 0.717) is 5.92 Å². The van der Waals surface area contributed by atoms with Crippen molar-refractivity contribution in [2.24, 2.45) is 5.92 Å². The van der Waals surface area contributed by atoms with Crippen LogP contribution >= 0.6 is 0 Å². The maximum atomic E-state index is 11.8. The number of allylic oxidation sites excluding steroid dienone is 2. The van der Waals surface area contributed by atoms with Crippen LogP contribution in [0.15, 0.2) is 12.2 Å². The predicted molar refractivity (Wildman–Crippen MR) is 67.3 cm³/mol. The lowest BCUT2D eigenvalue weighted by molar-refractivity contribution is -0.131. The fourth-order valence-electron chi connectivity index (χ4n) is 1.96. The van der Waals surface area contributed by atoms with Crippen molar-refractivity contribution in [3.8, 4) is 0 Å². The number of nitrogens with one attached hydrogen (secondary N) is 1. The molecule has 2 unspecified atom stereocenters. The van der Waals surface area contributed by atoms with Crippen LogP contribution in [0.25, 0.3) is 0 Å². The summed E-state index contributed by atoms with van der Waals surface area (Å²) in [4.78, 5) is 13.6. The van der Waals surface area contributed by atoms with Gasteiger partial charge >= 0.3 is 0 Å². The first-order valence-electron chi connectivity index (χ1n) is 6.28. The maximum absolute atomic E-state index is 11.8. The summed E-state index contributed by atoms with van der Waals surface area (Å²) in [5.74, 6) is 0.890. The minimum absolute atomic E-state index is 0.0594. The molecule has 3 heteroatoms. The Balaban J connectivity index is 2.26. The van der Waals surface area contributed by atoms with E-state index >= 15 is 0 Å². The average molecular weight is 224 g/mol. The minimum Gasteiger partial charge on any atom is -0.345 e. The van der Waals surface area contributed by atoms with Gasteiger partial charge in [-0.25, -0.2) is 0 Å². The van der Waals surface area contributed by atoms with E-state index in [1.807, 2.05) is 20.9 Å². The quantitative estimate of drug-likeness (QED) is 0.722. The Hall–Kier alpha value is -0.830. The number of amides is 1. The summed E-state index contributed by atoms with van der Waals surface area (Å²) in [6.45, 7) is 5.68. The van der Waals surface area contributed by atoms with Gasteiger partial charge < -0.3 is 10.2 Å². The van der Waals surface area contributed by atoms with Gasteiger partial charge in [0.15, 0.2) is 0 Å². The largest absolute Gasteiger partial charge is 0.345 e. The van der Waals surface area contributed by atoms with Crippen molar-refractivity contribution < 1.29 is 4.79 Å². The van der Waals surface area contributed by atoms with Gasteiger partial charge in [0.2, 0.25) is 5.91 Å². The summed E-state index contributed by atoms with van der Waals surface area (Å²) in [7, 11) is 1.85. The molecule has 0 aromatic heterocycles. The van der Waals surface area contributed by atoms with Gasteiger partial charge in [0.05, 0.1) is 6.04 Å². The van der Waals surface area contributed by atoms with Crippen LogP contribution in [0, 0.1) is 5.92 Å². The first-order chi connectivity index (χ1) is 7.65. The fourth-order valence-corrected chi connectivity index (χ4v) is 1.96. The maximum Gasteiger partial charge on any atom is 0.239 e. The van der Waals surface area contributed by atoms with Crippen LogP contribution in [0.5, 0.6) is 0 Å². The number of likely N-dealkylation sites (N-methyl/N-ethyl adjacent to an activating group) is 1. The molecule has 92 valence electrons. The van der Waals surface area contributed by atoms with E-state index in [4.69, 9.17) is 0 Å². The van der Waals surface area contributed by atoms with Gasteiger partial charge in [-0.1, -0.05) is 12.2 Å². The third-order valence-electron chi connectivity index (χ3n) is 3.31. The zero-order valence-corrected chi connectivity index (χ0v) is 10.7.